The Morgan fingerprint density at radius 1 is 1.03 bits per heavy atom. The van der Waals surface area contributed by atoms with E-state index in [4.69, 9.17) is 0 Å². The van der Waals surface area contributed by atoms with E-state index in [-0.39, 0.29) is 4.90 Å². The fraction of sp³-hybridized carbons (Fsp3) is 0.273. The quantitative estimate of drug-likeness (QED) is 0.462. The van der Waals surface area contributed by atoms with Gasteiger partial charge in [-0.3, -0.25) is 0 Å². The molecule has 0 saturated carbocycles. The molecule has 0 unspecified atom stereocenters. The van der Waals surface area contributed by atoms with Gasteiger partial charge in [-0.15, -0.1) is 10.2 Å². The Hall–Kier alpha value is -2.42. The Bertz CT molecular complexity index is 1110. The molecule has 0 fully saturated rings. The van der Waals surface area contributed by atoms with E-state index in [2.05, 4.69) is 34.5 Å². The van der Waals surface area contributed by atoms with Crippen LogP contribution in [0, 0.1) is 0 Å². The molecule has 8 heteroatoms. The fourth-order valence-electron chi connectivity index (χ4n) is 3.07. The minimum absolute atomic E-state index is 0.270. The number of benzene rings is 2. The average molecular weight is 443 g/mol. The second-order valence-corrected chi connectivity index (χ2v) is 9.53. The van der Waals surface area contributed by atoms with Gasteiger partial charge in [-0.05, 0) is 17.7 Å². The monoisotopic (exact) mass is 442 g/mol. The van der Waals surface area contributed by atoms with Crippen molar-refractivity contribution in [2.75, 3.05) is 18.8 Å². The zero-order valence-electron chi connectivity index (χ0n) is 17.4. The highest BCUT2D eigenvalue weighted by atomic mass is 32.2. The second-order valence-electron chi connectivity index (χ2n) is 6.61. The van der Waals surface area contributed by atoms with Crippen molar-refractivity contribution < 1.29 is 8.42 Å². The number of thioether (sulfide) groups is 1. The van der Waals surface area contributed by atoms with Crippen LogP contribution in [0.15, 0.2) is 70.7 Å². The maximum atomic E-state index is 12.8. The van der Waals surface area contributed by atoms with Gasteiger partial charge in [0.05, 0.1) is 4.90 Å². The number of nitrogens with zero attached hydrogens (tertiary/aromatic N) is 4. The van der Waals surface area contributed by atoms with Crippen LogP contribution in [0.5, 0.6) is 0 Å². The highest BCUT2D eigenvalue weighted by Crippen LogP contribution is 2.26. The van der Waals surface area contributed by atoms with Crippen LogP contribution in [0.2, 0.25) is 0 Å². The summed E-state index contributed by atoms with van der Waals surface area (Å²) in [5.74, 6) is 1.40. The second kappa shape index (κ2) is 10.1. The Morgan fingerprint density at radius 2 is 1.77 bits per heavy atom. The lowest BCUT2D eigenvalue weighted by molar-refractivity contribution is 0.445. The molecule has 0 bridgehead atoms. The predicted molar refractivity (Wildman–Crippen MR) is 123 cm³/mol. The summed E-state index contributed by atoms with van der Waals surface area (Å²) >= 11 is 1.58. The summed E-state index contributed by atoms with van der Waals surface area (Å²) in [7, 11) is -1.63. The van der Waals surface area contributed by atoms with Gasteiger partial charge in [-0.25, -0.2) is 8.42 Å². The fourth-order valence-corrected chi connectivity index (χ4v) is 5.30. The predicted octanol–water partition coefficient (Wildman–Crippen LogP) is 4.32. The molecule has 0 aliphatic rings. The van der Waals surface area contributed by atoms with Crippen molar-refractivity contribution >= 4 is 27.9 Å². The molecular formula is C22H26N4O2S2. The molecule has 158 valence electrons. The van der Waals surface area contributed by atoms with E-state index in [1.54, 1.807) is 30.0 Å². The molecule has 0 radical (unpaired) electrons. The summed E-state index contributed by atoms with van der Waals surface area (Å²) in [4.78, 5) is 0.270. The average Bonchev–Trinajstić information content (AvgIpc) is 3.13. The first kappa shape index (κ1) is 22.3. The topological polar surface area (TPSA) is 68.1 Å². The van der Waals surface area contributed by atoms with Crippen molar-refractivity contribution in [3.63, 3.8) is 0 Å². The van der Waals surface area contributed by atoms with Crippen molar-refractivity contribution in [1.29, 1.82) is 0 Å². The summed E-state index contributed by atoms with van der Waals surface area (Å²) < 4.78 is 29.0. The zero-order chi connectivity index (χ0) is 21.6. The van der Waals surface area contributed by atoms with Gasteiger partial charge in [0.15, 0.2) is 11.0 Å². The van der Waals surface area contributed by atoms with Crippen LogP contribution >= 0.6 is 11.8 Å². The number of hydrogen-bond donors (Lipinski definition) is 0. The van der Waals surface area contributed by atoms with Crippen LogP contribution in [0.25, 0.3) is 17.5 Å². The van der Waals surface area contributed by atoms with Crippen LogP contribution in [0.3, 0.4) is 0 Å². The van der Waals surface area contributed by atoms with E-state index >= 15 is 0 Å². The van der Waals surface area contributed by atoms with Crippen LogP contribution < -0.4 is 0 Å². The third-order valence-corrected chi connectivity index (χ3v) is 7.71. The van der Waals surface area contributed by atoms with Crippen molar-refractivity contribution in [3.05, 3.63) is 66.2 Å². The Balaban J connectivity index is 1.76. The zero-order valence-corrected chi connectivity index (χ0v) is 19.0. The maximum absolute atomic E-state index is 12.8. The number of sulfonamides is 1. The number of rotatable bonds is 9. The summed E-state index contributed by atoms with van der Waals surface area (Å²) in [5, 5.41) is 9.35. The first-order valence-electron chi connectivity index (χ1n) is 9.81. The first-order chi connectivity index (χ1) is 14.5. The maximum Gasteiger partial charge on any atom is 0.243 e. The van der Waals surface area contributed by atoms with Gasteiger partial charge in [0.1, 0.15) is 0 Å². The molecule has 2 aromatic carbocycles. The van der Waals surface area contributed by atoms with Crippen LogP contribution in [-0.4, -0.2) is 46.3 Å². The highest BCUT2D eigenvalue weighted by molar-refractivity contribution is 7.99. The molecule has 0 atom stereocenters. The Labute approximate surface area is 182 Å². The molecule has 0 aliphatic heterocycles. The molecule has 1 heterocycles. The summed E-state index contributed by atoms with van der Waals surface area (Å²) in [6.45, 7) is 4.54. The molecule has 30 heavy (non-hydrogen) atoms. The molecule has 1 aromatic heterocycles. The van der Waals surface area contributed by atoms with Gasteiger partial charge >= 0.3 is 0 Å². The van der Waals surface area contributed by atoms with E-state index in [9.17, 15) is 8.42 Å². The standard InChI is InChI=1S/C22H26N4O2S2/c1-4-26(5-2)30(27,28)20-15-9-14-19(17-20)21-23-24-22(25(21)3)29-16-10-13-18-11-7-6-8-12-18/h6-15,17H,4-5,16H2,1-3H3/b13-10+. The van der Waals surface area contributed by atoms with Crippen LogP contribution in [-0.2, 0) is 17.1 Å². The van der Waals surface area contributed by atoms with E-state index in [1.807, 2.05) is 49.7 Å². The van der Waals surface area contributed by atoms with Crippen molar-refractivity contribution in [2.24, 2.45) is 7.05 Å². The third-order valence-electron chi connectivity index (χ3n) is 4.69. The minimum Gasteiger partial charge on any atom is -0.305 e. The molecule has 3 rings (SSSR count). The molecule has 0 N–H and O–H groups in total. The molecule has 0 saturated heterocycles. The Kier molecular flexibility index (Phi) is 7.47. The number of hydrogen-bond acceptors (Lipinski definition) is 5. The van der Waals surface area contributed by atoms with E-state index < -0.39 is 10.0 Å². The molecule has 0 spiro atoms. The van der Waals surface area contributed by atoms with E-state index in [0.29, 0.717) is 18.9 Å². The van der Waals surface area contributed by atoms with Crippen LogP contribution in [0.1, 0.15) is 19.4 Å². The molecular weight excluding hydrogens is 416 g/mol. The van der Waals surface area contributed by atoms with Gasteiger partial charge in [-0.1, -0.05) is 80.2 Å². The third kappa shape index (κ3) is 5.00. The Morgan fingerprint density at radius 3 is 2.47 bits per heavy atom. The van der Waals surface area contributed by atoms with Gasteiger partial charge in [0, 0.05) is 31.5 Å². The van der Waals surface area contributed by atoms with Gasteiger partial charge in [-0.2, -0.15) is 4.31 Å². The summed E-state index contributed by atoms with van der Waals surface area (Å²) in [6, 6.07) is 17.0. The molecule has 3 aromatic rings. The lowest BCUT2D eigenvalue weighted by Crippen LogP contribution is -2.30. The highest BCUT2D eigenvalue weighted by Gasteiger charge is 2.22. The van der Waals surface area contributed by atoms with Gasteiger partial charge < -0.3 is 4.57 Å². The smallest absolute Gasteiger partial charge is 0.243 e. The lowest BCUT2D eigenvalue weighted by atomic mass is 10.2. The SMILES string of the molecule is CCN(CC)S(=O)(=O)c1cccc(-c2nnc(SC/C=C/c3ccccc3)n2C)c1. The summed E-state index contributed by atoms with van der Waals surface area (Å²) in [5.41, 5.74) is 1.88. The molecule has 6 nitrogen and oxygen atoms in total. The van der Waals surface area contributed by atoms with Crippen molar-refractivity contribution in [1.82, 2.24) is 19.1 Å². The first-order valence-corrected chi connectivity index (χ1v) is 12.2. The minimum atomic E-state index is -3.52. The van der Waals surface area contributed by atoms with E-state index in [0.717, 1.165) is 22.0 Å². The van der Waals surface area contributed by atoms with Gasteiger partial charge in [0.25, 0.3) is 0 Å². The van der Waals surface area contributed by atoms with Gasteiger partial charge in [0.2, 0.25) is 10.0 Å². The normalized spacial score (nSPS) is 12.1. The summed E-state index contributed by atoms with van der Waals surface area (Å²) in [6.07, 6.45) is 4.16. The molecule has 0 aliphatic carbocycles. The van der Waals surface area contributed by atoms with Crippen molar-refractivity contribution in [2.45, 2.75) is 23.9 Å². The van der Waals surface area contributed by atoms with Crippen molar-refractivity contribution in [3.8, 4) is 11.4 Å². The van der Waals surface area contributed by atoms with Crippen LogP contribution in [0.4, 0.5) is 0 Å². The molecule has 0 amide bonds. The lowest BCUT2D eigenvalue weighted by Gasteiger charge is -2.18. The van der Waals surface area contributed by atoms with E-state index in [1.165, 1.54) is 4.31 Å². The number of aromatic nitrogens is 3. The largest absolute Gasteiger partial charge is 0.305 e.